The van der Waals surface area contributed by atoms with Gasteiger partial charge in [0.1, 0.15) is 0 Å². The number of benzene rings is 1. The van der Waals surface area contributed by atoms with Crippen LogP contribution in [0.4, 0.5) is 0 Å². The number of pyridine rings is 1. The van der Waals surface area contributed by atoms with Gasteiger partial charge in [-0.1, -0.05) is 35.9 Å². The maximum Gasteiger partial charge on any atom is 0.250 e. The van der Waals surface area contributed by atoms with Crippen molar-refractivity contribution in [3.05, 3.63) is 69.6 Å². The minimum Gasteiger partial charge on any atom is -0.312 e. The molecule has 3 heterocycles. The molecule has 1 aromatic heterocycles. The van der Waals surface area contributed by atoms with Gasteiger partial charge in [-0.2, -0.15) is 0 Å². The molecule has 2 aliphatic rings. The number of hydrogen-bond acceptors (Lipinski definition) is 2. The van der Waals surface area contributed by atoms with E-state index < -0.39 is 0 Å². The van der Waals surface area contributed by atoms with E-state index >= 15 is 0 Å². The van der Waals surface area contributed by atoms with Gasteiger partial charge in [0.05, 0.1) is 0 Å². The van der Waals surface area contributed by atoms with Crippen molar-refractivity contribution in [2.45, 2.75) is 32.4 Å². The van der Waals surface area contributed by atoms with Crippen LogP contribution in [0.15, 0.2) is 47.3 Å². The van der Waals surface area contributed by atoms with Crippen LogP contribution in [0.1, 0.15) is 29.2 Å². The van der Waals surface area contributed by atoms with Gasteiger partial charge in [-0.15, -0.1) is 0 Å². The second-order valence-corrected chi connectivity index (χ2v) is 6.88. The van der Waals surface area contributed by atoms with Crippen molar-refractivity contribution in [3.63, 3.8) is 0 Å². The number of hydrogen-bond donors (Lipinski definition) is 0. The first-order valence-electron chi connectivity index (χ1n) is 8.17. The Morgan fingerprint density at radius 2 is 1.86 bits per heavy atom. The van der Waals surface area contributed by atoms with E-state index in [1.165, 1.54) is 23.2 Å². The molecule has 22 heavy (non-hydrogen) atoms. The Labute approximate surface area is 131 Å². The lowest BCUT2D eigenvalue weighted by molar-refractivity contribution is 0.114. The fourth-order valence-corrected chi connectivity index (χ4v) is 4.08. The third-order valence-electron chi connectivity index (χ3n) is 5.08. The Bertz CT molecular complexity index is 732. The normalized spacial score (nSPS) is 24.0. The first-order valence-corrected chi connectivity index (χ1v) is 8.17. The molecule has 3 nitrogen and oxygen atoms in total. The highest BCUT2D eigenvalue weighted by Crippen LogP contribution is 2.35. The van der Waals surface area contributed by atoms with E-state index in [1.54, 1.807) is 6.07 Å². The average Bonchev–Trinajstić information content (AvgIpc) is 2.51. The molecular weight excluding hydrogens is 272 g/mol. The zero-order valence-corrected chi connectivity index (χ0v) is 13.0. The van der Waals surface area contributed by atoms with Crippen LogP contribution in [0.2, 0.25) is 0 Å². The van der Waals surface area contributed by atoms with Gasteiger partial charge in [-0.05, 0) is 30.9 Å². The molecule has 3 heteroatoms. The lowest BCUT2D eigenvalue weighted by Gasteiger charge is -2.42. The van der Waals surface area contributed by atoms with E-state index in [9.17, 15) is 4.79 Å². The summed E-state index contributed by atoms with van der Waals surface area (Å²) in [5.41, 5.74) is 4.10. The van der Waals surface area contributed by atoms with Gasteiger partial charge >= 0.3 is 0 Å². The van der Waals surface area contributed by atoms with Crippen molar-refractivity contribution >= 4 is 0 Å². The zero-order chi connectivity index (χ0) is 15.1. The first-order chi connectivity index (χ1) is 10.7. The Hall–Kier alpha value is -1.87. The summed E-state index contributed by atoms with van der Waals surface area (Å²) < 4.78 is 2.00. The summed E-state index contributed by atoms with van der Waals surface area (Å²) in [4.78, 5) is 14.6. The van der Waals surface area contributed by atoms with E-state index in [-0.39, 0.29) is 5.56 Å². The molecule has 1 aromatic carbocycles. The molecule has 1 saturated heterocycles. The monoisotopic (exact) mass is 294 g/mol. The summed E-state index contributed by atoms with van der Waals surface area (Å²) in [6.45, 7) is 6.20. The second-order valence-electron chi connectivity index (χ2n) is 6.88. The number of rotatable bonds is 2. The molecule has 0 spiro atoms. The van der Waals surface area contributed by atoms with E-state index in [0.29, 0.717) is 11.8 Å². The largest absolute Gasteiger partial charge is 0.312 e. The molecule has 0 unspecified atom stereocenters. The molecular formula is C19H22N2O. The molecule has 114 valence electrons. The molecule has 0 N–H and O–H groups in total. The van der Waals surface area contributed by atoms with Gasteiger partial charge < -0.3 is 4.57 Å². The zero-order valence-electron chi connectivity index (χ0n) is 13.0. The SMILES string of the molecule is Cc1ccc(CN2C[C@H]3C[C@H](C2)c2cccc(=O)n2C3)cc1. The first kappa shape index (κ1) is 13.8. The Morgan fingerprint density at radius 1 is 1.05 bits per heavy atom. The van der Waals surface area contributed by atoms with Crippen molar-refractivity contribution in [2.24, 2.45) is 5.92 Å². The lowest BCUT2D eigenvalue weighted by Crippen LogP contribution is -2.46. The minimum atomic E-state index is 0.166. The van der Waals surface area contributed by atoms with Gasteiger partial charge in [0.2, 0.25) is 0 Å². The van der Waals surface area contributed by atoms with Gasteiger partial charge in [0, 0.05) is 43.9 Å². The topological polar surface area (TPSA) is 25.2 Å². The molecule has 2 bridgehead atoms. The predicted molar refractivity (Wildman–Crippen MR) is 88.0 cm³/mol. The van der Waals surface area contributed by atoms with E-state index in [4.69, 9.17) is 0 Å². The summed E-state index contributed by atoms with van der Waals surface area (Å²) >= 11 is 0. The number of piperidine rings is 1. The van der Waals surface area contributed by atoms with Gasteiger partial charge in [-0.3, -0.25) is 9.69 Å². The summed E-state index contributed by atoms with van der Waals surface area (Å²) in [5, 5.41) is 0. The van der Waals surface area contributed by atoms with Crippen LogP contribution >= 0.6 is 0 Å². The number of aromatic nitrogens is 1. The molecule has 0 saturated carbocycles. The minimum absolute atomic E-state index is 0.166. The number of aryl methyl sites for hydroxylation is 1. The molecule has 4 rings (SSSR count). The van der Waals surface area contributed by atoms with Crippen molar-refractivity contribution in [2.75, 3.05) is 13.1 Å². The quantitative estimate of drug-likeness (QED) is 0.851. The van der Waals surface area contributed by atoms with Gasteiger partial charge in [-0.25, -0.2) is 0 Å². The lowest BCUT2D eigenvalue weighted by atomic mass is 9.83. The van der Waals surface area contributed by atoms with E-state index in [0.717, 1.165) is 26.2 Å². The highest BCUT2D eigenvalue weighted by molar-refractivity contribution is 5.22. The molecule has 0 amide bonds. The van der Waals surface area contributed by atoms with Gasteiger partial charge in [0.25, 0.3) is 5.56 Å². The van der Waals surface area contributed by atoms with Gasteiger partial charge in [0.15, 0.2) is 0 Å². The second kappa shape index (κ2) is 5.40. The van der Waals surface area contributed by atoms with Crippen LogP contribution < -0.4 is 5.56 Å². The third-order valence-corrected chi connectivity index (χ3v) is 5.08. The average molecular weight is 294 g/mol. The summed E-state index contributed by atoms with van der Waals surface area (Å²) in [7, 11) is 0. The van der Waals surface area contributed by atoms with Crippen LogP contribution in [0.25, 0.3) is 0 Å². The molecule has 2 aromatic rings. The number of likely N-dealkylation sites (tertiary alicyclic amines) is 1. The summed E-state index contributed by atoms with van der Waals surface area (Å²) in [6.07, 6.45) is 1.23. The molecule has 2 aliphatic heterocycles. The fraction of sp³-hybridized carbons (Fsp3) is 0.421. The summed E-state index contributed by atoms with van der Waals surface area (Å²) in [5.74, 6) is 1.11. The smallest absolute Gasteiger partial charge is 0.250 e. The van der Waals surface area contributed by atoms with Crippen LogP contribution in [-0.2, 0) is 13.1 Å². The Morgan fingerprint density at radius 3 is 2.68 bits per heavy atom. The molecule has 0 radical (unpaired) electrons. The standard InChI is InChI=1S/C19H22N2O/c1-14-5-7-15(8-6-14)10-20-11-16-9-17(13-20)18-3-2-4-19(22)21(18)12-16/h2-8,16-17H,9-13H2,1H3/t16-,17-/m1/s1. The van der Waals surface area contributed by atoms with Crippen LogP contribution in [0.3, 0.4) is 0 Å². The Kier molecular flexibility index (Phi) is 3.38. The number of nitrogens with zero attached hydrogens (tertiary/aromatic N) is 2. The van der Waals surface area contributed by atoms with Crippen molar-refractivity contribution in [1.29, 1.82) is 0 Å². The summed E-state index contributed by atoms with van der Waals surface area (Å²) in [6, 6.07) is 14.6. The Balaban J connectivity index is 1.56. The highest BCUT2D eigenvalue weighted by Gasteiger charge is 2.34. The van der Waals surface area contributed by atoms with Crippen molar-refractivity contribution < 1.29 is 0 Å². The third kappa shape index (κ3) is 2.50. The van der Waals surface area contributed by atoms with Crippen LogP contribution in [0, 0.1) is 12.8 Å². The van der Waals surface area contributed by atoms with Crippen molar-refractivity contribution in [1.82, 2.24) is 9.47 Å². The van der Waals surface area contributed by atoms with E-state index in [2.05, 4.69) is 42.2 Å². The maximum absolute atomic E-state index is 12.0. The maximum atomic E-state index is 12.0. The van der Waals surface area contributed by atoms with Crippen LogP contribution in [0.5, 0.6) is 0 Å². The van der Waals surface area contributed by atoms with E-state index in [1.807, 2.05) is 10.6 Å². The molecule has 1 fully saturated rings. The highest BCUT2D eigenvalue weighted by atomic mass is 16.1. The molecule has 2 atom stereocenters. The molecule has 0 aliphatic carbocycles. The predicted octanol–water partition coefficient (Wildman–Crippen LogP) is 2.78. The number of fused-ring (bicyclic) bond motifs is 4. The van der Waals surface area contributed by atoms with Crippen LogP contribution in [-0.4, -0.2) is 22.6 Å². The fourth-order valence-electron chi connectivity index (χ4n) is 4.08. The van der Waals surface area contributed by atoms with Crippen molar-refractivity contribution in [3.8, 4) is 0 Å².